The second-order valence-corrected chi connectivity index (χ2v) is 4.23. The zero-order valence-corrected chi connectivity index (χ0v) is 15.9. The number of fused-ring (bicyclic) bond motifs is 1. The number of pyridine rings is 1. The van der Waals surface area contributed by atoms with Gasteiger partial charge in [-0.2, -0.15) is 0 Å². The maximum Gasteiger partial charge on any atom is 0.103 e. The van der Waals surface area contributed by atoms with Crippen molar-refractivity contribution < 1.29 is 1.43 Å². The van der Waals surface area contributed by atoms with Crippen LogP contribution in [0.3, 0.4) is 0 Å². The lowest BCUT2D eigenvalue weighted by Gasteiger charge is -2.06. The highest BCUT2D eigenvalue weighted by atomic mass is 14.9. The highest BCUT2D eigenvalue weighted by Gasteiger charge is 2.07. The highest BCUT2D eigenvalue weighted by molar-refractivity contribution is 5.97. The van der Waals surface area contributed by atoms with Gasteiger partial charge in [-0.3, -0.25) is 4.98 Å². The van der Waals surface area contributed by atoms with Gasteiger partial charge in [0.1, 0.15) is 5.82 Å². The molecule has 1 N–H and O–H groups in total. The topological polar surface area (TPSA) is 41.6 Å². The van der Waals surface area contributed by atoms with Crippen molar-refractivity contribution in [3.05, 3.63) is 48.2 Å². The van der Waals surface area contributed by atoms with Crippen molar-refractivity contribution in [2.75, 3.05) is 0 Å². The summed E-state index contributed by atoms with van der Waals surface area (Å²) in [4.78, 5) is 11.7. The molecule has 3 heteroatoms. The monoisotopic (exact) mass is 315 g/mol. The number of nitrogens with one attached hydrogen (secondary N) is 1. The molecular formula is C20H33N3. The molecule has 0 aliphatic rings. The lowest BCUT2D eigenvalue weighted by atomic mass is 10.0. The van der Waals surface area contributed by atoms with Crippen LogP contribution in [0.25, 0.3) is 22.0 Å². The molecule has 0 radical (unpaired) electrons. The van der Waals surface area contributed by atoms with E-state index in [2.05, 4.69) is 34.0 Å². The average Bonchev–Trinajstić information content (AvgIpc) is 3.07. The first kappa shape index (κ1) is 20.8. The molecule has 2 aromatic heterocycles. The van der Waals surface area contributed by atoms with Gasteiger partial charge in [-0.1, -0.05) is 53.7 Å². The molecular weight excluding hydrogens is 282 g/mol. The second kappa shape index (κ2) is 11.4. The quantitative estimate of drug-likeness (QED) is 0.552. The van der Waals surface area contributed by atoms with Gasteiger partial charge in [-0.25, -0.2) is 4.98 Å². The maximum absolute atomic E-state index is 4.25. The van der Waals surface area contributed by atoms with Crippen LogP contribution >= 0.6 is 0 Å². The van der Waals surface area contributed by atoms with E-state index in [1.54, 1.807) is 0 Å². The summed E-state index contributed by atoms with van der Waals surface area (Å²) in [6, 6.07) is 6.30. The first-order valence-electron chi connectivity index (χ1n) is 8.61. The van der Waals surface area contributed by atoms with Crippen LogP contribution in [0.15, 0.2) is 36.8 Å². The van der Waals surface area contributed by atoms with Crippen molar-refractivity contribution in [1.82, 2.24) is 15.0 Å². The molecule has 2 heterocycles. The number of H-pyrrole nitrogens is 1. The van der Waals surface area contributed by atoms with Gasteiger partial charge in [0.05, 0.1) is 11.9 Å². The molecule has 0 amide bonds. The van der Waals surface area contributed by atoms with Crippen LogP contribution in [0.4, 0.5) is 0 Å². The fourth-order valence-electron chi connectivity index (χ4n) is 2.12. The van der Waals surface area contributed by atoms with Crippen molar-refractivity contribution in [3.63, 3.8) is 0 Å². The normalized spacial score (nSPS) is 8.87. The zero-order chi connectivity index (χ0) is 17.8. The Kier molecular flexibility index (Phi) is 10.3. The molecule has 0 unspecified atom stereocenters. The largest absolute Gasteiger partial charge is 0.342 e. The number of hydrogen-bond donors (Lipinski definition) is 1. The Hall–Kier alpha value is -2.16. The zero-order valence-electron chi connectivity index (χ0n) is 15.9. The van der Waals surface area contributed by atoms with E-state index in [1.807, 2.05) is 73.1 Å². The van der Waals surface area contributed by atoms with Crippen LogP contribution in [0.1, 0.15) is 54.4 Å². The summed E-state index contributed by atoms with van der Waals surface area (Å²) < 4.78 is 0. The number of rotatable bonds is 1. The SMILES string of the molecule is CC.CC.CC.Cc1ncc(-c2ccc(C)c3cnccc23)[nH]1.[HH]. The van der Waals surface area contributed by atoms with E-state index >= 15 is 0 Å². The van der Waals surface area contributed by atoms with Crippen molar-refractivity contribution in [1.29, 1.82) is 0 Å². The fourth-order valence-corrected chi connectivity index (χ4v) is 2.12. The van der Waals surface area contributed by atoms with E-state index in [1.165, 1.54) is 21.9 Å². The third-order valence-corrected chi connectivity index (χ3v) is 3.03. The van der Waals surface area contributed by atoms with Crippen molar-refractivity contribution in [3.8, 4) is 11.3 Å². The molecule has 0 saturated heterocycles. The summed E-state index contributed by atoms with van der Waals surface area (Å²) in [5.41, 5.74) is 3.47. The number of aromatic nitrogens is 3. The van der Waals surface area contributed by atoms with Gasteiger partial charge in [0.15, 0.2) is 0 Å². The van der Waals surface area contributed by atoms with Crippen LogP contribution in [-0.2, 0) is 0 Å². The van der Waals surface area contributed by atoms with Gasteiger partial charge >= 0.3 is 0 Å². The van der Waals surface area contributed by atoms with E-state index in [0.29, 0.717) is 0 Å². The molecule has 23 heavy (non-hydrogen) atoms. The minimum atomic E-state index is 0. The molecule has 3 rings (SSSR count). The van der Waals surface area contributed by atoms with Gasteiger partial charge in [-0.05, 0) is 30.9 Å². The molecule has 0 spiro atoms. The number of imidazole rings is 1. The molecule has 1 aromatic carbocycles. The van der Waals surface area contributed by atoms with E-state index < -0.39 is 0 Å². The molecule has 0 aliphatic carbocycles. The molecule has 0 fully saturated rings. The lowest BCUT2D eigenvalue weighted by molar-refractivity contribution is 1.15. The first-order valence-corrected chi connectivity index (χ1v) is 8.61. The van der Waals surface area contributed by atoms with Gasteiger partial charge in [0, 0.05) is 24.8 Å². The summed E-state index contributed by atoms with van der Waals surface area (Å²) in [6.07, 6.45) is 5.62. The molecule has 0 aliphatic heterocycles. The van der Waals surface area contributed by atoms with Crippen molar-refractivity contribution >= 4 is 10.8 Å². The number of hydrogen-bond acceptors (Lipinski definition) is 2. The second-order valence-electron chi connectivity index (χ2n) is 4.23. The third kappa shape index (κ3) is 5.20. The predicted molar refractivity (Wildman–Crippen MR) is 105 cm³/mol. The minimum absolute atomic E-state index is 0. The Morgan fingerprint density at radius 3 is 2.04 bits per heavy atom. The summed E-state index contributed by atoms with van der Waals surface area (Å²) >= 11 is 0. The molecule has 128 valence electrons. The summed E-state index contributed by atoms with van der Waals surface area (Å²) in [5.74, 6) is 0.933. The number of aromatic amines is 1. The van der Waals surface area contributed by atoms with Crippen LogP contribution in [0.5, 0.6) is 0 Å². The van der Waals surface area contributed by atoms with Gasteiger partial charge in [-0.15, -0.1) is 0 Å². The Balaban J connectivity index is 0. The number of benzene rings is 1. The number of aryl methyl sites for hydroxylation is 2. The lowest BCUT2D eigenvalue weighted by Crippen LogP contribution is -1.85. The molecule has 3 aromatic rings. The third-order valence-electron chi connectivity index (χ3n) is 3.03. The summed E-state index contributed by atoms with van der Waals surface area (Å²) in [6.45, 7) is 16.1. The average molecular weight is 316 g/mol. The predicted octanol–water partition coefficient (Wildman–Crippen LogP) is 6.57. The van der Waals surface area contributed by atoms with Crippen LogP contribution in [0.2, 0.25) is 0 Å². The van der Waals surface area contributed by atoms with Gasteiger partial charge in [0.25, 0.3) is 0 Å². The van der Waals surface area contributed by atoms with Crippen LogP contribution < -0.4 is 0 Å². The van der Waals surface area contributed by atoms with E-state index in [9.17, 15) is 0 Å². The Bertz CT molecular complexity index is 690. The van der Waals surface area contributed by atoms with E-state index in [-0.39, 0.29) is 1.43 Å². The van der Waals surface area contributed by atoms with Crippen molar-refractivity contribution in [2.24, 2.45) is 0 Å². The summed E-state index contributed by atoms with van der Waals surface area (Å²) in [7, 11) is 0. The fraction of sp³-hybridized carbons (Fsp3) is 0.400. The van der Waals surface area contributed by atoms with Gasteiger partial charge < -0.3 is 4.98 Å². The molecule has 0 atom stereocenters. The van der Waals surface area contributed by atoms with E-state index in [4.69, 9.17) is 0 Å². The Labute approximate surface area is 142 Å². The van der Waals surface area contributed by atoms with Crippen molar-refractivity contribution in [2.45, 2.75) is 55.4 Å². The minimum Gasteiger partial charge on any atom is -0.342 e. The Morgan fingerprint density at radius 1 is 0.826 bits per heavy atom. The van der Waals surface area contributed by atoms with Crippen LogP contribution in [-0.4, -0.2) is 15.0 Å². The standard InChI is InChI=1S/C14H13N3.3C2H6.H2/c1-9-3-4-12(14-8-16-10(2)17-14)11-5-6-15-7-13(9)11;3*1-2;/h3-8H,1-2H3,(H,16,17);3*1-2H3;1H. The highest BCUT2D eigenvalue weighted by Crippen LogP contribution is 2.28. The number of nitrogens with zero attached hydrogens (tertiary/aromatic N) is 2. The van der Waals surface area contributed by atoms with Gasteiger partial charge in [0.2, 0.25) is 0 Å². The summed E-state index contributed by atoms with van der Waals surface area (Å²) in [5, 5.41) is 2.40. The first-order chi connectivity index (χ1) is 11.3. The maximum atomic E-state index is 4.25. The Morgan fingerprint density at radius 2 is 1.48 bits per heavy atom. The van der Waals surface area contributed by atoms with E-state index in [0.717, 1.165) is 11.5 Å². The molecule has 3 nitrogen and oxygen atoms in total. The smallest absolute Gasteiger partial charge is 0.103 e. The van der Waals surface area contributed by atoms with Crippen LogP contribution in [0, 0.1) is 13.8 Å². The molecule has 0 saturated carbocycles. The molecule has 0 bridgehead atoms.